The van der Waals surface area contributed by atoms with E-state index in [0.29, 0.717) is 5.89 Å². The lowest BCUT2D eigenvalue weighted by molar-refractivity contribution is -0.0773. The van der Waals surface area contributed by atoms with E-state index < -0.39 is 0 Å². The van der Waals surface area contributed by atoms with Crippen molar-refractivity contribution in [2.45, 2.75) is 0 Å². The summed E-state index contributed by atoms with van der Waals surface area (Å²) in [5, 5.41) is 1.08. The molecule has 0 fully saturated rings. The third-order valence-electron chi connectivity index (χ3n) is 2.30. The van der Waals surface area contributed by atoms with E-state index in [-0.39, 0.29) is 11.7 Å². The Hall–Kier alpha value is -2.14. The SMILES string of the molecule is CON(C)C(=O)c1cnc(-c2ccccc2)o1. The monoisotopic (exact) mass is 232 g/mol. The summed E-state index contributed by atoms with van der Waals surface area (Å²) in [6.45, 7) is 0. The molecule has 1 heterocycles. The molecule has 0 bridgehead atoms. The van der Waals surface area contributed by atoms with Gasteiger partial charge in [-0.2, -0.15) is 0 Å². The molecule has 88 valence electrons. The Bertz CT molecular complexity index is 507. The average Bonchev–Trinajstić information content (AvgIpc) is 2.87. The number of benzene rings is 1. The van der Waals surface area contributed by atoms with Gasteiger partial charge in [0, 0.05) is 12.6 Å². The highest BCUT2D eigenvalue weighted by molar-refractivity contribution is 5.90. The molecule has 2 aromatic rings. The van der Waals surface area contributed by atoms with Crippen molar-refractivity contribution >= 4 is 5.91 Å². The van der Waals surface area contributed by atoms with Gasteiger partial charge in [0.1, 0.15) is 0 Å². The highest BCUT2D eigenvalue weighted by Gasteiger charge is 2.17. The van der Waals surface area contributed by atoms with Gasteiger partial charge in [-0.15, -0.1) is 0 Å². The molecule has 1 aromatic heterocycles. The lowest BCUT2D eigenvalue weighted by atomic mass is 10.2. The van der Waals surface area contributed by atoms with Crippen LogP contribution in [0.15, 0.2) is 40.9 Å². The normalized spacial score (nSPS) is 10.2. The Morgan fingerprint density at radius 1 is 1.35 bits per heavy atom. The Morgan fingerprint density at radius 2 is 2.06 bits per heavy atom. The standard InChI is InChI=1S/C12H12N2O3/c1-14(16-2)12(15)10-8-13-11(17-10)9-6-4-3-5-7-9/h3-8H,1-2H3. The van der Waals surface area contributed by atoms with Gasteiger partial charge in [0.05, 0.1) is 13.3 Å². The largest absolute Gasteiger partial charge is 0.431 e. The molecular weight excluding hydrogens is 220 g/mol. The fourth-order valence-electron chi connectivity index (χ4n) is 1.33. The number of carbonyl (C=O) groups is 1. The van der Waals surface area contributed by atoms with E-state index >= 15 is 0 Å². The molecule has 0 N–H and O–H groups in total. The molecule has 17 heavy (non-hydrogen) atoms. The minimum absolute atomic E-state index is 0.146. The van der Waals surface area contributed by atoms with Crippen molar-refractivity contribution < 1.29 is 14.0 Å². The predicted octanol–water partition coefficient (Wildman–Crippen LogP) is 1.97. The maximum absolute atomic E-state index is 11.7. The zero-order chi connectivity index (χ0) is 12.3. The van der Waals surface area contributed by atoms with E-state index in [2.05, 4.69) is 4.98 Å². The molecule has 1 aromatic carbocycles. The molecule has 1 amide bonds. The summed E-state index contributed by atoms with van der Waals surface area (Å²) in [6.07, 6.45) is 1.39. The molecule has 0 radical (unpaired) electrons. The number of hydrogen-bond acceptors (Lipinski definition) is 4. The van der Waals surface area contributed by atoms with Crippen LogP contribution in [0.4, 0.5) is 0 Å². The molecular formula is C12H12N2O3. The van der Waals surface area contributed by atoms with Crippen LogP contribution in [0, 0.1) is 0 Å². The number of oxazole rings is 1. The number of hydrogen-bond donors (Lipinski definition) is 0. The molecule has 2 rings (SSSR count). The Kier molecular flexibility index (Phi) is 3.20. The smallest absolute Gasteiger partial charge is 0.314 e. The predicted molar refractivity (Wildman–Crippen MR) is 61.0 cm³/mol. The summed E-state index contributed by atoms with van der Waals surface area (Å²) >= 11 is 0. The van der Waals surface area contributed by atoms with Crippen LogP contribution in [0.5, 0.6) is 0 Å². The summed E-state index contributed by atoms with van der Waals surface area (Å²) in [5.41, 5.74) is 0.826. The molecule has 0 saturated heterocycles. The van der Waals surface area contributed by atoms with Gasteiger partial charge in [-0.25, -0.2) is 10.0 Å². The van der Waals surface area contributed by atoms with Gasteiger partial charge in [-0.05, 0) is 12.1 Å². The molecule has 0 aliphatic carbocycles. The van der Waals surface area contributed by atoms with Gasteiger partial charge >= 0.3 is 5.91 Å². The first kappa shape index (κ1) is 11.3. The van der Waals surface area contributed by atoms with E-state index in [1.54, 1.807) is 0 Å². The molecule has 5 nitrogen and oxygen atoms in total. The lowest BCUT2D eigenvalue weighted by Gasteiger charge is -2.10. The van der Waals surface area contributed by atoms with Crippen molar-refractivity contribution in [1.82, 2.24) is 10.0 Å². The van der Waals surface area contributed by atoms with Crippen molar-refractivity contribution in [2.24, 2.45) is 0 Å². The number of carbonyl (C=O) groups excluding carboxylic acids is 1. The minimum Gasteiger partial charge on any atom is -0.431 e. The van der Waals surface area contributed by atoms with Crippen LogP contribution >= 0.6 is 0 Å². The van der Waals surface area contributed by atoms with Gasteiger partial charge < -0.3 is 4.42 Å². The van der Waals surface area contributed by atoms with Gasteiger partial charge in [-0.3, -0.25) is 9.63 Å². The van der Waals surface area contributed by atoms with E-state index in [4.69, 9.17) is 9.25 Å². The van der Waals surface area contributed by atoms with E-state index in [1.165, 1.54) is 20.4 Å². The quantitative estimate of drug-likeness (QED) is 0.759. The van der Waals surface area contributed by atoms with Crippen molar-refractivity contribution in [2.75, 3.05) is 14.2 Å². The fraction of sp³-hybridized carbons (Fsp3) is 0.167. The van der Waals surface area contributed by atoms with Crippen molar-refractivity contribution in [3.05, 3.63) is 42.3 Å². The number of hydroxylamine groups is 2. The fourth-order valence-corrected chi connectivity index (χ4v) is 1.33. The van der Waals surface area contributed by atoms with Gasteiger partial charge in [0.25, 0.3) is 0 Å². The molecule has 0 aliphatic rings. The summed E-state index contributed by atoms with van der Waals surface area (Å²) in [7, 11) is 2.92. The summed E-state index contributed by atoms with van der Waals surface area (Å²) in [6, 6.07) is 9.38. The summed E-state index contributed by atoms with van der Waals surface area (Å²) < 4.78 is 5.37. The van der Waals surface area contributed by atoms with Crippen molar-refractivity contribution in [3.8, 4) is 11.5 Å². The number of nitrogens with zero attached hydrogens (tertiary/aromatic N) is 2. The number of aromatic nitrogens is 1. The van der Waals surface area contributed by atoms with Crippen LogP contribution in [-0.4, -0.2) is 30.1 Å². The van der Waals surface area contributed by atoms with Crippen LogP contribution in [0.3, 0.4) is 0 Å². The maximum Gasteiger partial charge on any atom is 0.314 e. The molecule has 0 unspecified atom stereocenters. The zero-order valence-electron chi connectivity index (χ0n) is 9.58. The first-order valence-electron chi connectivity index (χ1n) is 5.06. The molecule has 0 spiro atoms. The Balaban J connectivity index is 2.25. The number of amides is 1. The third-order valence-corrected chi connectivity index (χ3v) is 2.30. The average molecular weight is 232 g/mol. The molecule has 5 heteroatoms. The van der Waals surface area contributed by atoms with Crippen LogP contribution in [0.2, 0.25) is 0 Å². The molecule has 0 atom stereocenters. The topological polar surface area (TPSA) is 55.6 Å². The first-order valence-corrected chi connectivity index (χ1v) is 5.06. The van der Waals surface area contributed by atoms with E-state index in [1.807, 2.05) is 30.3 Å². The van der Waals surface area contributed by atoms with Crippen LogP contribution < -0.4 is 0 Å². The Morgan fingerprint density at radius 3 is 2.71 bits per heavy atom. The van der Waals surface area contributed by atoms with Crippen LogP contribution in [-0.2, 0) is 4.84 Å². The number of rotatable bonds is 3. The van der Waals surface area contributed by atoms with E-state index in [9.17, 15) is 4.79 Å². The molecule has 0 aliphatic heterocycles. The van der Waals surface area contributed by atoms with Gasteiger partial charge in [0.2, 0.25) is 11.7 Å². The summed E-state index contributed by atoms with van der Waals surface area (Å²) in [4.78, 5) is 20.5. The first-order chi connectivity index (χ1) is 8.22. The highest BCUT2D eigenvalue weighted by atomic mass is 16.7. The third kappa shape index (κ3) is 2.34. The van der Waals surface area contributed by atoms with Crippen molar-refractivity contribution in [3.63, 3.8) is 0 Å². The second-order valence-electron chi connectivity index (χ2n) is 3.38. The maximum atomic E-state index is 11.7. The van der Waals surface area contributed by atoms with Crippen LogP contribution in [0.25, 0.3) is 11.5 Å². The minimum atomic E-state index is -0.373. The second kappa shape index (κ2) is 4.80. The van der Waals surface area contributed by atoms with Gasteiger partial charge in [-0.1, -0.05) is 18.2 Å². The highest BCUT2D eigenvalue weighted by Crippen LogP contribution is 2.19. The molecule has 0 saturated carbocycles. The van der Waals surface area contributed by atoms with Crippen molar-refractivity contribution in [1.29, 1.82) is 0 Å². The Labute approximate surface area is 98.6 Å². The van der Waals surface area contributed by atoms with Crippen LogP contribution in [0.1, 0.15) is 10.6 Å². The zero-order valence-corrected chi connectivity index (χ0v) is 9.58. The van der Waals surface area contributed by atoms with E-state index in [0.717, 1.165) is 10.6 Å². The second-order valence-corrected chi connectivity index (χ2v) is 3.38. The lowest BCUT2D eigenvalue weighted by Crippen LogP contribution is -2.24. The summed E-state index contributed by atoms with van der Waals surface area (Å²) in [5.74, 6) is 0.189. The van der Waals surface area contributed by atoms with Gasteiger partial charge in [0.15, 0.2) is 0 Å².